The smallest absolute Gasteiger partial charge is 0.213 e. The summed E-state index contributed by atoms with van der Waals surface area (Å²) in [6, 6.07) is 3.68. The van der Waals surface area contributed by atoms with Crippen LogP contribution in [0.4, 0.5) is 11.5 Å². The molecule has 7 heteroatoms. The van der Waals surface area contributed by atoms with E-state index < -0.39 is 0 Å². The monoisotopic (exact) mass is 291 g/mol. The molecule has 0 aliphatic carbocycles. The van der Waals surface area contributed by atoms with Gasteiger partial charge in [0.15, 0.2) is 0 Å². The van der Waals surface area contributed by atoms with Crippen LogP contribution in [-0.2, 0) is 7.05 Å². The number of nitrogens with one attached hydrogen (secondary N) is 1. The number of aromatic nitrogens is 3. The number of anilines is 2. The van der Waals surface area contributed by atoms with E-state index in [1.807, 2.05) is 27.0 Å². The molecule has 2 aromatic heterocycles. The molecule has 0 saturated heterocycles. The maximum atomic E-state index is 5.75. The highest BCUT2D eigenvalue weighted by Crippen LogP contribution is 2.23. The summed E-state index contributed by atoms with van der Waals surface area (Å²) in [6.07, 6.45) is 1.69. The maximum absolute atomic E-state index is 5.75. The Kier molecular flexibility index (Phi) is 4.19. The van der Waals surface area contributed by atoms with Crippen LogP contribution < -0.4 is 15.8 Å². The van der Waals surface area contributed by atoms with Gasteiger partial charge in [0, 0.05) is 13.1 Å². The van der Waals surface area contributed by atoms with E-state index in [4.69, 9.17) is 22.7 Å². The Labute approximate surface area is 123 Å². The lowest BCUT2D eigenvalue weighted by atomic mass is 10.2. The van der Waals surface area contributed by atoms with Gasteiger partial charge in [0.2, 0.25) is 5.88 Å². The summed E-state index contributed by atoms with van der Waals surface area (Å²) in [5.41, 5.74) is 8.10. The van der Waals surface area contributed by atoms with Crippen LogP contribution in [-0.4, -0.2) is 26.4 Å². The second kappa shape index (κ2) is 5.87. The zero-order valence-corrected chi connectivity index (χ0v) is 12.5. The van der Waals surface area contributed by atoms with Gasteiger partial charge in [0.25, 0.3) is 0 Å². The van der Waals surface area contributed by atoms with E-state index in [2.05, 4.69) is 15.4 Å². The minimum Gasteiger partial charge on any atom is -0.478 e. The third-order valence-corrected chi connectivity index (χ3v) is 2.96. The zero-order chi connectivity index (χ0) is 14.7. The summed E-state index contributed by atoms with van der Waals surface area (Å²) < 4.78 is 7.01. The molecule has 0 fully saturated rings. The predicted octanol–water partition coefficient (Wildman–Crippen LogP) is 1.90. The van der Waals surface area contributed by atoms with Gasteiger partial charge in [-0.15, -0.1) is 0 Å². The molecule has 0 aliphatic rings. The van der Waals surface area contributed by atoms with Gasteiger partial charge in [-0.25, -0.2) is 4.98 Å². The molecular weight excluding hydrogens is 274 g/mol. The molecule has 0 saturated carbocycles. The Morgan fingerprint density at radius 3 is 2.80 bits per heavy atom. The molecule has 0 aliphatic heterocycles. The van der Waals surface area contributed by atoms with Crippen molar-refractivity contribution in [3.05, 3.63) is 29.6 Å². The first kappa shape index (κ1) is 14.3. The van der Waals surface area contributed by atoms with Gasteiger partial charge in [0.1, 0.15) is 10.8 Å². The van der Waals surface area contributed by atoms with Crippen molar-refractivity contribution in [3.63, 3.8) is 0 Å². The molecule has 0 radical (unpaired) electrons. The standard InChI is InChI=1S/C13H17N5OS/c1-4-19-10-6-5-9(7-15-10)16-13-11(12(14)20)8(2)17-18(13)3/h5-7,16H,4H2,1-3H3,(H2,14,20). The van der Waals surface area contributed by atoms with Crippen LogP contribution in [0.3, 0.4) is 0 Å². The fourth-order valence-corrected chi connectivity index (χ4v) is 2.17. The van der Waals surface area contributed by atoms with Crippen molar-refractivity contribution < 1.29 is 4.74 Å². The van der Waals surface area contributed by atoms with E-state index in [9.17, 15) is 0 Å². The Balaban J connectivity index is 2.28. The second-order valence-corrected chi connectivity index (χ2v) is 4.68. The van der Waals surface area contributed by atoms with Crippen molar-refractivity contribution in [2.75, 3.05) is 11.9 Å². The van der Waals surface area contributed by atoms with Crippen LogP contribution in [0.2, 0.25) is 0 Å². The number of pyridine rings is 1. The summed E-state index contributed by atoms with van der Waals surface area (Å²) in [7, 11) is 1.83. The van der Waals surface area contributed by atoms with Crippen molar-refractivity contribution in [1.82, 2.24) is 14.8 Å². The summed E-state index contributed by atoms with van der Waals surface area (Å²) in [5.74, 6) is 1.34. The highest BCUT2D eigenvalue weighted by Gasteiger charge is 2.15. The van der Waals surface area contributed by atoms with Gasteiger partial charge in [-0.05, 0) is 19.9 Å². The zero-order valence-electron chi connectivity index (χ0n) is 11.7. The fraction of sp³-hybridized carbons (Fsp3) is 0.308. The summed E-state index contributed by atoms with van der Waals surface area (Å²) in [4.78, 5) is 4.51. The van der Waals surface area contributed by atoms with Gasteiger partial charge < -0.3 is 15.8 Å². The first-order chi connectivity index (χ1) is 9.52. The van der Waals surface area contributed by atoms with E-state index in [0.717, 1.165) is 22.8 Å². The third-order valence-electron chi connectivity index (χ3n) is 2.76. The van der Waals surface area contributed by atoms with Crippen LogP contribution in [0.5, 0.6) is 5.88 Å². The first-order valence-corrected chi connectivity index (χ1v) is 6.63. The topological polar surface area (TPSA) is 78.0 Å². The SMILES string of the molecule is CCOc1ccc(Nc2c(C(N)=S)c(C)nn2C)cn1. The van der Waals surface area contributed by atoms with Crippen LogP contribution in [0.15, 0.2) is 18.3 Å². The van der Waals surface area contributed by atoms with E-state index >= 15 is 0 Å². The number of hydrogen-bond donors (Lipinski definition) is 2. The third kappa shape index (κ3) is 2.88. The first-order valence-electron chi connectivity index (χ1n) is 6.22. The molecule has 2 aromatic rings. The fourth-order valence-electron chi connectivity index (χ4n) is 1.92. The lowest BCUT2D eigenvalue weighted by Crippen LogP contribution is -2.13. The quantitative estimate of drug-likeness (QED) is 0.819. The molecule has 2 rings (SSSR count). The van der Waals surface area contributed by atoms with Crippen LogP contribution >= 0.6 is 12.2 Å². The predicted molar refractivity (Wildman–Crippen MR) is 82.5 cm³/mol. The van der Waals surface area contributed by atoms with Crippen molar-refractivity contribution in [3.8, 4) is 5.88 Å². The molecule has 0 bridgehead atoms. The molecule has 0 amide bonds. The summed E-state index contributed by atoms with van der Waals surface area (Å²) in [6.45, 7) is 4.38. The number of ether oxygens (including phenoxy) is 1. The molecule has 0 unspecified atom stereocenters. The van der Waals surface area contributed by atoms with Gasteiger partial charge >= 0.3 is 0 Å². The van der Waals surface area contributed by atoms with Crippen molar-refractivity contribution in [1.29, 1.82) is 0 Å². The lowest BCUT2D eigenvalue weighted by Gasteiger charge is -2.09. The van der Waals surface area contributed by atoms with Gasteiger partial charge in [-0.2, -0.15) is 5.10 Å². The minimum absolute atomic E-state index is 0.317. The van der Waals surface area contributed by atoms with Crippen LogP contribution in [0.25, 0.3) is 0 Å². The molecule has 0 aromatic carbocycles. The van der Waals surface area contributed by atoms with E-state index in [-0.39, 0.29) is 0 Å². The number of hydrogen-bond acceptors (Lipinski definition) is 5. The van der Waals surface area contributed by atoms with Gasteiger partial charge in [-0.1, -0.05) is 12.2 Å². The molecular formula is C13H17N5OS. The second-order valence-electron chi connectivity index (χ2n) is 4.24. The highest BCUT2D eigenvalue weighted by molar-refractivity contribution is 7.80. The maximum Gasteiger partial charge on any atom is 0.213 e. The van der Waals surface area contributed by atoms with Gasteiger partial charge in [0.05, 0.1) is 29.7 Å². The lowest BCUT2D eigenvalue weighted by molar-refractivity contribution is 0.327. The van der Waals surface area contributed by atoms with E-state index in [1.165, 1.54) is 0 Å². The molecule has 0 spiro atoms. The number of thiocarbonyl (C=S) groups is 1. The Bertz CT molecular complexity index is 620. The van der Waals surface area contributed by atoms with Crippen molar-refractivity contribution in [2.24, 2.45) is 12.8 Å². The molecule has 106 valence electrons. The Morgan fingerprint density at radius 1 is 1.50 bits per heavy atom. The Hall–Kier alpha value is -2.15. The molecule has 6 nitrogen and oxygen atoms in total. The Morgan fingerprint density at radius 2 is 2.25 bits per heavy atom. The highest BCUT2D eigenvalue weighted by atomic mass is 32.1. The van der Waals surface area contributed by atoms with E-state index in [0.29, 0.717) is 17.5 Å². The summed E-state index contributed by atoms with van der Waals surface area (Å²) in [5, 5.41) is 7.54. The minimum atomic E-state index is 0.317. The number of aryl methyl sites for hydroxylation is 2. The van der Waals surface area contributed by atoms with Crippen molar-refractivity contribution >= 4 is 28.7 Å². The number of nitrogens with two attached hydrogens (primary N) is 1. The summed E-state index contributed by atoms with van der Waals surface area (Å²) >= 11 is 5.07. The number of rotatable bonds is 5. The van der Waals surface area contributed by atoms with Gasteiger partial charge in [-0.3, -0.25) is 4.68 Å². The molecule has 2 heterocycles. The molecule has 0 atom stereocenters. The molecule has 20 heavy (non-hydrogen) atoms. The largest absolute Gasteiger partial charge is 0.478 e. The van der Waals surface area contributed by atoms with Crippen LogP contribution in [0.1, 0.15) is 18.2 Å². The average Bonchev–Trinajstić information content (AvgIpc) is 2.67. The normalized spacial score (nSPS) is 10.3. The average molecular weight is 291 g/mol. The van der Waals surface area contributed by atoms with E-state index in [1.54, 1.807) is 16.9 Å². The van der Waals surface area contributed by atoms with Crippen LogP contribution in [0, 0.1) is 6.92 Å². The van der Waals surface area contributed by atoms with Crippen molar-refractivity contribution in [2.45, 2.75) is 13.8 Å². The molecule has 3 N–H and O–H groups in total. The number of nitrogens with zero attached hydrogens (tertiary/aromatic N) is 3.